The fourth-order valence-electron chi connectivity index (χ4n) is 1.24. The zero-order chi connectivity index (χ0) is 16.0. The van der Waals surface area contributed by atoms with E-state index < -0.39 is 18.1 Å². The van der Waals surface area contributed by atoms with Gasteiger partial charge >= 0.3 is 74.8 Å². The number of nitrogens with two attached hydrogens (primary N) is 4. The van der Waals surface area contributed by atoms with Crippen LogP contribution < -0.4 is 22.9 Å². The second-order valence-corrected chi connectivity index (χ2v) is 4.85. The number of rotatable bonds is 10. The Kier molecular flexibility index (Phi) is 16.2. The number of carboxylic acid groups (broad SMARTS) is 1. The summed E-state index contributed by atoms with van der Waals surface area (Å²) in [6, 6.07) is -1.18. The molecule has 0 aliphatic carbocycles. The number of aliphatic carboxylic acids is 1. The Hall–Kier alpha value is -0.501. The Bertz CT molecular complexity index is 241. The van der Waals surface area contributed by atoms with Crippen molar-refractivity contribution in [2.75, 3.05) is 13.1 Å². The first-order valence-electron chi connectivity index (χ1n) is 6.66. The zero-order valence-electron chi connectivity index (χ0n) is 11.7. The first kappa shape index (κ1) is 21.8. The van der Waals surface area contributed by atoms with Gasteiger partial charge in [0.25, 0.3) is 0 Å². The maximum atomic E-state index is 10.4. The zero-order valence-corrected chi connectivity index (χ0v) is 12.6. The van der Waals surface area contributed by atoms with Crippen LogP contribution in [0.5, 0.6) is 0 Å². The Labute approximate surface area is 128 Å². The molecule has 0 saturated heterocycles. The molecule has 2 atom stereocenters. The molecule has 0 saturated carbocycles. The summed E-state index contributed by atoms with van der Waals surface area (Å²) < 4.78 is -0.371. The molecule has 7 nitrogen and oxygen atoms in total. The predicted octanol–water partition coefficient (Wildman–Crippen LogP) is -0.957. The van der Waals surface area contributed by atoms with Gasteiger partial charge in [-0.15, -0.1) is 0 Å². The van der Waals surface area contributed by atoms with Gasteiger partial charge in [-0.3, -0.25) is 4.79 Å². The molecule has 124 valence electrons. The number of carbonyl (C=O) groups excluding carboxylic acids is 1. The van der Waals surface area contributed by atoms with E-state index in [1.54, 1.807) is 0 Å². The van der Waals surface area contributed by atoms with Crippen LogP contribution in [0.4, 0.5) is 0 Å². The fraction of sp³-hybridized carbons (Fsp3) is 0.833. The van der Waals surface area contributed by atoms with E-state index in [0.29, 0.717) is 25.9 Å². The molecule has 0 aromatic heterocycles. The van der Waals surface area contributed by atoms with Gasteiger partial charge < -0.3 is 16.6 Å². The van der Waals surface area contributed by atoms with Crippen molar-refractivity contribution >= 4 is 10.7 Å². The molecular formula is C12H27CuN4O3. The Balaban J connectivity index is 0. The van der Waals surface area contributed by atoms with Crippen molar-refractivity contribution in [2.45, 2.75) is 50.6 Å². The minimum absolute atomic E-state index is 0.371. The standard InChI is InChI=1S/C6H14N2O2.C6H13N2O.Cu/c7-4-2-1-3-5(8)6(9)10;7-4-2-1-3-6(8)5-9;/h5H,1-4,7-8H2,(H,9,10);6H,1-4,7-8H2;/t5-;6-;/m00./s1. The number of hydrogen-bond acceptors (Lipinski definition) is 6. The number of hydrogen-bond donors (Lipinski definition) is 5. The molecule has 0 spiro atoms. The van der Waals surface area contributed by atoms with E-state index in [1.165, 1.54) is 0 Å². The van der Waals surface area contributed by atoms with Gasteiger partial charge in [-0.1, -0.05) is 6.42 Å². The normalized spacial score (nSPS) is 13.1. The van der Waals surface area contributed by atoms with Crippen LogP contribution in [-0.4, -0.2) is 40.9 Å². The summed E-state index contributed by atoms with van der Waals surface area (Å²) in [6.07, 6.45) is 4.62. The number of carbonyl (C=O) groups is 2. The fourth-order valence-corrected chi connectivity index (χ4v) is 1.38. The van der Waals surface area contributed by atoms with Crippen LogP contribution in [0.2, 0.25) is 0 Å². The average Bonchev–Trinajstić information content (AvgIpc) is 2.39. The average molecular weight is 339 g/mol. The summed E-state index contributed by atoms with van der Waals surface area (Å²) >= 11 is 4.50. The summed E-state index contributed by atoms with van der Waals surface area (Å²) in [6.45, 7) is 1.25. The summed E-state index contributed by atoms with van der Waals surface area (Å²) in [5.74, 6) is -0.933. The van der Waals surface area contributed by atoms with Crippen molar-refractivity contribution in [1.82, 2.24) is 0 Å². The SMILES string of the molecule is NCCCC[C@H](N)C(=O)O.NCCCC[C@H](N)[C](=O)[Cu]. The molecule has 0 amide bonds. The van der Waals surface area contributed by atoms with Crippen LogP contribution in [0, 0.1) is 0 Å². The van der Waals surface area contributed by atoms with Crippen molar-refractivity contribution in [3.63, 3.8) is 0 Å². The third-order valence-electron chi connectivity index (χ3n) is 2.52. The topological polar surface area (TPSA) is 158 Å². The van der Waals surface area contributed by atoms with Gasteiger partial charge in [0.1, 0.15) is 6.04 Å². The van der Waals surface area contributed by atoms with Gasteiger partial charge in [0.2, 0.25) is 0 Å². The molecule has 0 unspecified atom stereocenters. The first-order valence-corrected chi connectivity index (χ1v) is 7.13. The van der Waals surface area contributed by atoms with Gasteiger partial charge in [0.15, 0.2) is 0 Å². The maximum absolute atomic E-state index is 10.4. The summed E-state index contributed by atoms with van der Waals surface area (Å²) in [5.41, 5.74) is 21.0. The van der Waals surface area contributed by atoms with Crippen LogP contribution in [0.3, 0.4) is 0 Å². The van der Waals surface area contributed by atoms with Crippen molar-refractivity contribution in [3.05, 3.63) is 0 Å². The minimum atomic E-state index is -0.933. The Morgan fingerprint density at radius 1 is 0.900 bits per heavy atom. The molecule has 0 bridgehead atoms. The monoisotopic (exact) mass is 338 g/mol. The van der Waals surface area contributed by atoms with Crippen LogP contribution in [0.15, 0.2) is 0 Å². The van der Waals surface area contributed by atoms with Gasteiger partial charge in [0.05, 0.1) is 0 Å². The van der Waals surface area contributed by atoms with Crippen LogP contribution in [0.1, 0.15) is 38.5 Å². The molecule has 0 aromatic carbocycles. The molecule has 0 heterocycles. The van der Waals surface area contributed by atoms with Crippen molar-refractivity contribution in [1.29, 1.82) is 0 Å². The van der Waals surface area contributed by atoms with Crippen molar-refractivity contribution < 1.29 is 30.7 Å². The molecule has 0 aliphatic heterocycles. The molecule has 8 heteroatoms. The van der Waals surface area contributed by atoms with Gasteiger partial charge in [-0.25, -0.2) is 0 Å². The van der Waals surface area contributed by atoms with E-state index in [2.05, 4.69) is 16.0 Å². The van der Waals surface area contributed by atoms with E-state index in [4.69, 9.17) is 28.0 Å². The number of unbranched alkanes of at least 4 members (excludes halogenated alkanes) is 2. The quantitative estimate of drug-likeness (QED) is 0.253. The third-order valence-corrected chi connectivity index (χ3v) is 2.87. The van der Waals surface area contributed by atoms with Crippen LogP contribution in [0.25, 0.3) is 0 Å². The molecule has 0 aromatic rings. The molecule has 0 radical (unpaired) electrons. The molecule has 0 aliphatic rings. The van der Waals surface area contributed by atoms with Crippen LogP contribution >= 0.6 is 0 Å². The van der Waals surface area contributed by atoms with Gasteiger partial charge in [0, 0.05) is 0 Å². The number of carboxylic acids is 1. The molecule has 0 rings (SSSR count). The molecule has 9 N–H and O–H groups in total. The summed E-state index contributed by atoms with van der Waals surface area (Å²) in [7, 11) is 0. The Morgan fingerprint density at radius 2 is 1.30 bits per heavy atom. The first-order chi connectivity index (χ1) is 9.36. The van der Waals surface area contributed by atoms with E-state index in [9.17, 15) is 9.59 Å². The molecule has 0 fully saturated rings. The van der Waals surface area contributed by atoms with E-state index in [1.807, 2.05) is 0 Å². The molecule has 20 heavy (non-hydrogen) atoms. The van der Waals surface area contributed by atoms with Crippen LogP contribution in [-0.2, 0) is 25.6 Å². The van der Waals surface area contributed by atoms with E-state index in [0.717, 1.165) is 25.7 Å². The van der Waals surface area contributed by atoms with Gasteiger partial charge in [-0.2, -0.15) is 0 Å². The van der Waals surface area contributed by atoms with Crippen molar-refractivity contribution in [2.24, 2.45) is 22.9 Å². The second-order valence-electron chi connectivity index (χ2n) is 4.39. The summed E-state index contributed by atoms with van der Waals surface area (Å²) in [4.78, 5) is 20.5. The predicted molar refractivity (Wildman–Crippen MR) is 74.4 cm³/mol. The van der Waals surface area contributed by atoms with E-state index >= 15 is 0 Å². The third kappa shape index (κ3) is 15.6. The van der Waals surface area contributed by atoms with Crippen molar-refractivity contribution in [3.8, 4) is 0 Å². The van der Waals surface area contributed by atoms with Gasteiger partial charge in [-0.05, 0) is 19.4 Å². The molecular weight excluding hydrogens is 312 g/mol. The second kappa shape index (κ2) is 14.9. The summed E-state index contributed by atoms with van der Waals surface area (Å²) in [5, 5.41) is 8.33. The Morgan fingerprint density at radius 3 is 1.60 bits per heavy atom. The van der Waals surface area contributed by atoms with E-state index in [-0.39, 0.29) is 4.68 Å².